The molecule has 0 aromatic carbocycles. The van der Waals surface area contributed by atoms with Crippen molar-refractivity contribution in [2.45, 2.75) is 12.5 Å². The molecule has 0 amide bonds. The Labute approximate surface area is 129 Å². The zero-order valence-electron chi connectivity index (χ0n) is 10.5. The maximum Gasteiger partial charge on any atom is 1.00 e. The van der Waals surface area contributed by atoms with Crippen molar-refractivity contribution in [3.05, 3.63) is 0 Å². The van der Waals surface area contributed by atoms with Crippen molar-refractivity contribution in [3.8, 4) is 0 Å². The van der Waals surface area contributed by atoms with Gasteiger partial charge in [0.1, 0.15) is 0 Å². The molecule has 1 heterocycles. The number of nitrogens with zero attached hydrogens (tertiary/aromatic N) is 2. The molecular formula is C6H14N2Na2O4. The van der Waals surface area contributed by atoms with Crippen LogP contribution in [0.25, 0.3) is 0 Å². The average Bonchev–Trinajstić information content (AvgIpc) is 2.39. The van der Waals surface area contributed by atoms with Crippen LogP contribution in [-0.4, -0.2) is 52.1 Å². The van der Waals surface area contributed by atoms with E-state index < -0.39 is 12.1 Å². The zero-order chi connectivity index (χ0) is 8.27. The summed E-state index contributed by atoms with van der Waals surface area (Å²) >= 11 is 0. The molecule has 0 radical (unpaired) electrons. The molecule has 1 atom stereocenters. The summed E-state index contributed by atoms with van der Waals surface area (Å²) in [5.41, 5.74) is 0. The Morgan fingerprint density at radius 1 is 1.64 bits per heavy atom. The van der Waals surface area contributed by atoms with E-state index in [0.717, 1.165) is 6.42 Å². The number of β-amino-alcohol motifs (C(OH)–C–C–N with tert-alkyl or cyclic N) is 1. The number of aliphatic hydroxyl groups excluding tert-OH is 1. The topological polar surface area (TPSA) is 105 Å². The van der Waals surface area contributed by atoms with Crippen LogP contribution in [0.4, 0.5) is 0 Å². The second-order valence-corrected chi connectivity index (χ2v) is 2.35. The number of carboxylic acids is 1. The van der Waals surface area contributed by atoms with Gasteiger partial charge in [0.05, 0.1) is 6.54 Å². The summed E-state index contributed by atoms with van der Waals surface area (Å²) in [5.74, 6) is -1.20. The minimum absolute atomic E-state index is 0. The molecule has 0 aromatic heterocycles. The standard InChI is InChI=1S/C6H10N2O3.2Na.H2O.2H/c9-5(6(10)11)4-8-3-1-2-7-8;;;;;/h2,5,9H,1,3-4H2,(H,10,11);;;1H2;;/q;2*+1;;2*-1. The molecule has 0 aliphatic carbocycles. The smallest absolute Gasteiger partial charge is 1.00 e. The number of hydrazone groups is 1. The fraction of sp³-hybridized carbons (Fsp3) is 0.667. The molecular weight excluding hydrogens is 210 g/mol. The molecule has 4 N–H and O–H groups in total. The van der Waals surface area contributed by atoms with Crippen molar-refractivity contribution >= 4 is 12.2 Å². The molecule has 0 fully saturated rings. The Bertz CT molecular complexity index is 199. The van der Waals surface area contributed by atoms with E-state index in [1.54, 1.807) is 11.2 Å². The van der Waals surface area contributed by atoms with E-state index in [1.165, 1.54) is 0 Å². The third-order valence-electron chi connectivity index (χ3n) is 1.43. The Balaban J connectivity index is -0.0000000807. The summed E-state index contributed by atoms with van der Waals surface area (Å²) in [7, 11) is 0. The summed E-state index contributed by atoms with van der Waals surface area (Å²) in [6.45, 7) is 0.774. The first-order valence-electron chi connectivity index (χ1n) is 3.38. The van der Waals surface area contributed by atoms with Gasteiger partial charge in [0, 0.05) is 19.2 Å². The third-order valence-corrected chi connectivity index (χ3v) is 1.43. The minimum Gasteiger partial charge on any atom is -1.00 e. The molecule has 1 aliphatic heterocycles. The van der Waals surface area contributed by atoms with Gasteiger partial charge in [0.15, 0.2) is 6.10 Å². The summed E-state index contributed by atoms with van der Waals surface area (Å²) in [6.07, 6.45) is 1.20. The van der Waals surface area contributed by atoms with Gasteiger partial charge in [-0.1, -0.05) is 0 Å². The molecule has 74 valence electrons. The van der Waals surface area contributed by atoms with Crippen LogP contribution in [0.15, 0.2) is 5.10 Å². The molecule has 0 spiro atoms. The van der Waals surface area contributed by atoms with Crippen LogP contribution in [0.5, 0.6) is 0 Å². The maximum absolute atomic E-state index is 10.2. The SMILES string of the molecule is O.O=C(O)C(O)CN1CCC=N1.[H-].[H-].[Na+].[Na+]. The molecule has 1 unspecified atom stereocenters. The fourth-order valence-corrected chi connectivity index (χ4v) is 0.854. The van der Waals surface area contributed by atoms with Gasteiger partial charge >= 0.3 is 65.1 Å². The predicted octanol–water partition coefficient (Wildman–Crippen LogP) is -7.47. The Morgan fingerprint density at radius 3 is 2.57 bits per heavy atom. The average molecular weight is 224 g/mol. The van der Waals surface area contributed by atoms with Gasteiger partial charge < -0.3 is 18.5 Å². The van der Waals surface area contributed by atoms with Gasteiger partial charge in [-0.25, -0.2) is 4.79 Å². The van der Waals surface area contributed by atoms with E-state index in [4.69, 9.17) is 10.2 Å². The monoisotopic (exact) mass is 224 g/mol. The van der Waals surface area contributed by atoms with Crippen molar-refractivity contribution in [3.63, 3.8) is 0 Å². The summed E-state index contributed by atoms with van der Waals surface area (Å²) < 4.78 is 0. The number of carboxylic acid groups (broad SMARTS) is 1. The molecule has 0 saturated heterocycles. The van der Waals surface area contributed by atoms with Crippen LogP contribution in [-0.2, 0) is 4.79 Å². The number of aliphatic carboxylic acids is 1. The van der Waals surface area contributed by atoms with Gasteiger partial charge in [0.25, 0.3) is 0 Å². The molecule has 8 heteroatoms. The number of aliphatic hydroxyl groups is 1. The van der Waals surface area contributed by atoms with Gasteiger partial charge in [-0.15, -0.1) is 0 Å². The summed E-state index contributed by atoms with van der Waals surface area (Å²) in [5, 5.41) is 22.6. The van der Waals surface area contributed by atoms with Crippen LogP contribution in [0.2, 0.25) is 0 Å². The molecule has 6 nitrogen and oxygen atoms in total. The first kappa shape index (κ1) is 20.3. The Hall–Kier alpha value is 0.860. The van der Waals surface area contributed by atoms with E-state index in [2.05, 4.69) is 5.10 Å². The Morgan fingerprint density at radius 2 is 2.21 bits per heavy atom. The maximum atomic E-state index is 10.2. The van der Waals surface area contributed by atoms with Crippen LogP contribution in [0.1, 0.15) is 9.27 Å². The normalized spacial score (nSPS) is 14.8. The molecule has 1 aliphatic rings. The fourth-order valence-electron chi connectivity index (χ4n) is 0.854. The van der Waals surface area contributed by atoms with Crippen molar-refractivity contribution < 1.29 is 82.5 Å². The van der Waals surface area contributed by atoms with Crippen LogP contribution >= 0.6 is 0 Å². The van der Waals surface area contributed by atoms with E-state index in [0.29, 0.717) is 6.54 Å². The quantitative estimate of drug-likeness (QED) is 0.464. The number of hydrogen-bond donors (Lipinski definition) is 2. The van der Waals surface area contributed by atoms with Crippen LogP contribution in [0, 0.1) is 0 Å². The zero-order valence-corrected chi connectivity index (χ0v) is 12.5. The van der Waals surface area contributed by atoms with E-state index in [9.17, 15) is 4.79 Å². The number of carbonyl (C=O) groups is 1. The summed E-state index contributed by atoms with van der Waals surface area (Å²) in [6, 6.07) is 0. The van der Waals surface area contributed by atoms with Gasteiger partial charge in [-0.3, -0.25) is 5.01 Å². The van der Waals surface area contributed by atoms with Crippen molar-refractivity contribution in [2.24, 2.45) is 5.10 Å². The molecule has 14 heavy (non-hydrogen) atoms. The number of rotatable bonds is 3. The molecule has 0 saturated carbocycles. The largest absolute Gasteiger partial charge is 1.00 e. The summed E-state index contributed by atoms with van der Waals surface area (Å²) in [4.78, 5) is 10.2. The second kappa shape index (κ2) is 10.4. The van der Waals surface area contributed by atoms with E-state index in [-0.39, 0.29) is 74.0 Å². The van der Waals surface area contributed by atoms with Crippen LogP contribution in [0.3, 0.4) is 0 Å². The predicted molar refractivity (Wildman–Crippen MR) is 44.2 cm³/mol. The van der Waals surface area contributed by atoms with Crippen LogP contribution < -0.4 is 59.1 Å². The minimum atomic E-state index is -1.33. The van der Waals surface area contributed by atoms with Crippen molar-refractivity contribution in [2.75, 3.05) is 13.1 Å². The van der Waals surface area contributed by atoms with Crippen molar-refractivity contribution in [1.82, 2.24) is 5.01 Å². The van der Waals surface area contributed by atoms with E-state index in [1.807, 2.05) is 0 Å². The molecule has 0 bridgehead atoms. The number of hydrogen-bond acceptors (Lipinski definition) is 4. The third kappa shape index (κ3) is 7.19. The van der Waals surface area contributed by atoms with Gasteiger partial charge in [-0.2, -0.15) is 5.10 Å². The first-order chi connectivity index (χ1) is 5.20. The molecule has 0 aromatic rings. The van der Waals surface area contributed by atoms with E-state index >= 15 is 0 Å². The van der Waals surface area contributed by atoms with Crippen molar-refractivity contribution in [1.29, 1.82) is 0 Å². The van der Waals surface area contributed by atoms with Gasteiger partial charge in [-0.05, 0) is 0 Å². The molecule has 1 rings (SSSR count). The van der Waals surface area contributed by atoms with Gasteiger partial charge in [0.2, 0.25) is 0 Å². The second-order valence-electron chi connectivity index (χ2n) is 2.35. The Kier molecular flexibility index (Phi) is 15.0. The first-order valence-corrected chi connectivity index (χ1v) is 3.38.